The lowest BCUT2D eigenvalue weighted by Crippen LogP contribution is -2.43. The van der Waals surface area contributed by atoms with Crippen LogP contribution in [0.2, 0.25) is 0 Å². The predicted octanol–water partition coefficient (Wildman–Crippen LogP) is 6.37. The minimum atomic E-state index is -0.0907. The summed E-state index contributed by atoms with van der Waals surface area (Å²) in [5.74, 6) is 1.79. The van der Waals surface area contributed by atoms with Crippen molar-refractivity contribution >= 4 is 43.0 Å². The molecule has 2 unspecified atom stereocenters. The average molecular weight is 497 g/mol. The van der Waals surface area contributed by atoms with E-state index in [-0.39, 0.29) is 49.4 Å². The molecule has 0 amide bonds. The van der Waals surface area contributed by atoms with Crippen LogP contribution in [0.3, 0.4) is 0 Å². The highest BCUT2D eigenvalue weighted by molar-refractivity contribution is 5.86. The number of likely N-dealkylation sites (N-methyl/N-ethyl adjacent to an activating group) is 1. The lowest BCUT2D eigenvalue weighted by molar-refractivity contribution is 0.148. The molecule has 2 aromatic carbocycles. The SMILES string of the molecule is CCN(CC)CCN1c2ncccc2OC(c2ccccc2)C1c1ccccc1.Cl.Cl.Cl. The number of anilines is 1. The topological polar surface area (TPSA) is 28.6 Å². The van der Waals surface area contributed by atoms with E-state index in [1.54, 1.807) is 0 Å². The second-order valence-electron chi connectivity index (χ2n) is 7.35. The normalized spacial score (nSPS) is 16.7. The standard InChI is InChI=1S/C25H29N3O.3ClH/c1-3-27(4-2)18-19-28-23(20-12-7-5-8-13-20)24(21-14-9-6-10-15-21)29-22-16-11-17-26-25(22)28;;;/h5-17,23-24H,3-4,18-19H2,1-2H3;3*1H. The summed E-state index contributed by atoms with van der Waals surface area (Å²) < 4.78 is 6.56. The van der Waals surface area contributed by atoms with Crippen LogP contribution in [0.4, 0.5) is 5.82 Å². The van der Waals surface area contributed by atoms with Crippen molar-refractivity contribution in [3.8, 4) is 5.75 Å². The van der Waals surface area contributed by atoms with Gasteiger partial charge in [-0.2, -0.15) is 0 Å². The molecule has 0 fully saturated rings. The third kappa shape index (κ3) is 6.08. The number of rotatable bonds is 7. The van der Waals surface area contributed by atoms with Crippen LogP contribution in [0.5, 0.6) is 5.75 Å². The van der Waals surface area contributed by atoms with Crippen LogP contribution in [0.25, 0.3) is 0 Å². The average Bonchev–Trinajstić information content (AvgIpc) is 2.80. The number of hydrogen-bond acceptors (Lipinski definition) is 4. The number of fused-ring (bicyclic) bond motifs is 1. The summed E-state index contributed by atoms with van der Waals surface area (Å²) in [5.41, 5.74) is 2.43. The fraction of sp³-hybridized carbons (Fsp3) is 0.320. The Morgan fingerprint density at radius 2 is 1.41 bits per heavy atom. The molecule has 0 saturated carbocycles. The van der Waals surface area contributed by atoms with E-state index in [9.17, 15) is 0 Å². The molecule has 1 aliphatic heterocycles. The highest BCUT2D eigenvalue weighted by Gasteiger charge is 2.38. The number of pyridine rings is 1. The lowest BCUT2D eigenvalue weighted by Gasteiger charge is -2.43. The Morgan fingerprint density at radius 3 is 2.00 bits per heavy atom. The summed E-state index contributed by atoms with van der Waals surface area (Å²) >= 11 is 0. The molecule has 4 rings (SSSR count). The number of aromatic nitrogens is 1. The summed E-state index contributed by atoms with van der Waals surface area (Å²) in [5, 5.41) is 0. The summed E-state index contributed by atoms with van der Waals surface area (Å²) in [6.45, 7) is 8.43. The fourth-order valence-corrected chi connectivity index (χ4v) is 4.12. The molecule has 2 atom stereocenters. The van der Waals surface area contributed by atoms with Crippen molar-refractivity contribution < 1.29 is 4.74 Å². The quantitative estimate of drug-likeness (QED) is 0.380. The maximum Gasteiger partial charge on any atom is 0.172 e. The Hall–Kier alpha value is -1.98. The molecule has 1 aliphatic rings. The second-order valence-corrected chi connectivity index (χ2v) is 7.35. The summed E-state index contributed by atoms with van der Waals surface area (Å²) in [7, 11) is 0. The summed E-state index contributed by atoms with van der Waals surface area (Å²) in [6.07, 6.45) is 1.77. The molecule has 174 valence electrons. The van der Waals surface area contributed by atoms with Gasteiger partial charge >= 0.3 is 0 Å². The fourth-order valence-electron chi connectivity index (χ4n) is 4.12. The maximum atomic E-state index is 6.56. The Bertz CT molecular complexity index is 911. The van der Waals surface area contributed by atoms with Crippen molar-refractivity contribution in [1.29, 1.82) is 0 Å². The molecule has 0 spiro atoms. The van der Waals surface area contributed by atoms with E-state index >= 15 is 0 Å². The van der Waals surface area contributed by atoms with Gasteiger partial charge in [-0.25, -0.2) is 4.98 Å². The van der Waals surface area contributed by atoms with Gasteiger partial charge in [0.2, 0.25) is 0 Å². The van der Waals surface area contributed by atoms with Gasteiger partial charge in [-0.05, 0) is 36.3 Å². The van der Waals surface area contributed by atoms with Crippen LogP contribution >= 0.6 is 37.2 Å². The third-order valence-electron chi connectivity index (χ3n) is 5.72. The van der Waals surface area contributed by atoms with Crippen LogP contribution in [-0.2, 0) is 0 Å². The van der Waals surface area contributed by atoms with Crippen LogP contribution in [0.15, 0.2) is 79.0 Å². The maximum absolute atomic E-state index is 6.56. The second kappa shape index (κ2) is 13.5. The molecule has 0 N–H and O–H groups in total. The zero-order chi connectivity index (χ0) is 20.1. The summed E-state index contributed by atoms with van der Waals surface area (Å²) in [4.78, 5) is 9.61. The zero-order valence-corrected chi connectivity index (χ0v) is 20.9. The van der Waals surface area contributed by atoms with Crippen molar-refractivity contribution in [1.82, 2.24) is 9.88 Å². The van der Waals surface area contributed by atoms with E-state index in [0.717, 1.165) is 37.7 Å². The van der Waals surface area contributed by atoms with E-state index in [2.05, 4.69) is 84.3 Å². The lowest BCUT2D eigenvalue weighted by atomic mass is 9.92. The first-order chi connectivity index (χ1) is 14.3. The van der Waals surface area contributed by atoms with Gasteiger partial charge in [0.15, 0.2) is 11.6 Å². The van der Waals surface area contributed by atoms with E-state index in [1.165, 1.54) is 11.1 Å². The van der Waals surface area contributed by atoms with Gasteiger partial charge in [-0.15, -0.1) is 37.2 Å². The van der Waals surface area contributed by atoms with Crippen molar-refractivity contribution in [2.75, 3.05) is 31.1 Å². The molecule has 0 bridgehead atoms. The number of benzene rings is 2. The number of halogens is 3. The Kier molecular flexibility index (Phi) is 11.9. The molecule has 1 aromatic heterocycles. The van der Waals surface area contributed by atoms with Gasteiger partial charge in [0.1, 0.15) is 6.10 Å². The number of ether oxygens (including phenoxy) is 1. The van der Waals surface area contributed by atoms with Gasteiger partial charge in [-0.1, -0.05) is 74.5 Å². The first-order valence-electron chi connectivity index (χ1n) is 10.5. The van der Waals surface area contributed by atoms with E-state index < -0.39 is 0 Å². The van der Waals surface area contributed by atoms with Gasteiger partial charge in [-0.3, -0.25) is 0 Å². The van der Waals surface area contributed by atoms with Crippen LogP contribution in [0, 0.1) is 0 Å². The smallest absolute Gasteiger partial charge is 0.172 e. The molecule has 3 aromatic rings. The molecule has 4 nitrogen and oxygen atoms in total. The first-order valence-corrected chi connectivity index (χ1v) is 10.5. The number of nitrogens with zero attached hydrogens (tertiary/aromatic N) is 3. The van der Waals surface area contributed by atoms with Crippen LogP contribution in [-0.4, -0.2) is 36.1 Å². The molecule has 0 radical (unpaired) electrons. The van der Waals surface area contributed by atoms with E-state index in [0.29, 0.717) is 0 Å². The molecular weight excluding hydrogens is 465 g/mol. The van der Waals surface area contributed by atoms with Crippen LogP contribution < -0.4 is 9.64 Å². The molecule has 7 heteroatoms. The Morgan fingerprint density at radius 1 is 0.812 bits per heavy atom. The number of hydrogen-bond donors (Lipinski definition) is 0. The van der Waals surface area contributed by atoms with Gasteiger partial charge in [0.25, 0.3) is 0 Å². The van der Waals surface area contributed by atoms with Crippen molar-refractivity contribution in [3.05, 3.63) is 90.1 Å². The highest BCUT2D eigenvalue weighted by Crippen LogP contribution is 2.47. The van der Waals surface area contributed by atoms with E-state index in [1.807, 2.05) is 18.3 Å². The van der Waals surface area contributed by atoms with Crippen LogP contribution in [0.1, 0.15) is 37.1 Å². The first kappa shape index (κ1) is 28.1. The summed E-state index contributed by atoms with van der Waals surface area (Å²) in [6, 6.07) is 25.3. The van der Waals surface area contributed by atoms with Crippen molar-refractivity contribution in [2.45, 2.75) is 26.0 Å². The molecule has 32 heavy (non-hydrogen) atoms. The third-order valence-corrected chi connectivity index (χ3v) is 5.72. The van der Waals surface area contributed by atoms with Crippen molar-refractivity contribution in [3.63, 3.8) is 0 Å². The zero-order valence-electron chi connectivity index (χ0n) is 18.5. The predicted molar refractivity (Wildman–Crippen MR) is 140 cm³/mol. The van der Waals surface area contributed by atoms with Gasteiger partial charge in [0.05, 0.1) is 6.04 Å². The Balaban J connectivity index is 0.00000171. The molecular formula is C25H32Cl3N3O. The minimum Gasteiger partial charge on any atom is -0.479 e. The van der Waals surface area contributed by atoms with E-state index in [4.69, 9.17) is 9.72 Å². The highest BCUT2D eigenvalue weighted by atomic mass is 35.5. The largest absolute Gasteiger partial charge is 0.479 e. The Labute approximate surface area is 210 Å². The minimum absolute atomic E-state index is 0. The molecule has 0 aliphatic carbocycles. The monoisotopic (exact) mass is 495 g/mol. The molecule has 2 heterocycles. The van der Waals surface area contributed by atoms with Gasteiger partial charge in [0, 0.05) is 19.3 Å². The molecule has 0 saturated heterocycles. The van der Waals surface area contributed by atoms with Crippen molar-refractivity contribution in [2.24, 2.45) is 0 Å². The van der Waals surface area contributed by atoms with Gasteiger partial charge < -0.3 is 14.5 Å².